The molecular formula is C17H20N. The van der Waals surface area contributed by atoms with Gasteiger partial charge in [0.05, 0.1) is 0 Å². The minimum atomic E-state index is 0.873. The number of hydrogen-bond acceptors (Lipinski definition) is 1. The first-order valence-corrected chi connectivity index (χ1v) is 6.66. The van der Waals surface area contributed by atoms with Crippen LogP contribution in [0.15, 0.2) is 48.5 Å². The van der Waals surface area contributed by atoms with E-state index in [0.29, 0.717) is 0 Å². The summed E-state index contributed by atoms with van der Waals surface area (Å²) in [6.07, 6.45) is 3.73. The lowest BCUT2D eigenvalue weighted by molar-refractivity contribution is 0.794. The zero-order valence-electron chi connectivity index (χ0n) is 10.9. The normalized spacial score (nSPS) is 10.3. The molecule has 2 aromatic rings. The molecule has 0 aliphatic carbocycles. The van der Waals surface area contributed by atoms with Gasteiger partial charge in [-0.05, 0) is 42.2 Å². The van der Waals surface area contributed by atoms with Crippen LogP contribution in [-0.4, -0.2) is 0 Å². The van der Waals surface area contributed by atoms with Gasteiger partial charge in [-0.3, -0.25) is 0 Å². The average Bonchev–Trinajstić information content (AvgIpc) is 2.45. The van der Waals surface area contributed by atoms with E-state index in [4.69, 9.17) is 0 Å². The summed E-state index contributed by atoms with van der Waals surface area (Å²) in [5.41, 5.74) is 3.90. The van der Waals surface area contributed by atoms with Crippen LogP contribution in [0.5, 0.6) is 0 Å². The van der Waals surface area contributed by atoms with Gasteiger partial charge in [-0.25, -0.2) is 0 Å². The molecule has 0 unspecified atom stereocenters. The summed E-state index contributed by atoms with van der Waals surface area (Å²) in [5.74, 6) is 0. The summed E-state index contributed by atoms with van der Waals surface area (Å²) in [6, 6.07) is 19.9. The third-order valence-corrected chi connectivity index (χ3v) is 3.06. The molecule has 1 N–H and O–H groups in total. The average molecular weight is 238 g/mol. The van der Waals surface area contributed by atoms with Crippen LogP contribution in [0.2, 0.25) is 0 Å². The highest BCUT2D eigenvalue weighted by molar-refractivity contribution is 5.43. The van der Waals surface area contributed by atoms with E-state index < -0.39 is 0 Å². The fourth-order valence-corrected chi connectivity index (χ4v) is 1.91. The predicted molar refractivity (Wildman–Crippen MR) is 77.7 cm³/mol. The number of benzene rings is 2. The summed E-state index contributed by atoms with van der Waals surface area (Å²) < 4.78 is 0. The van der Waals surface area contributed by atoms with Crippen LogP contribution in [0.1, 0.15) is 30.9 Å². The van der Waals surface area contributed by atoms with Crippen molar-refractivity contribution in [3.8, 4) is 0 Å². The maximum absolute atomic E-state index is 3.40. The van der Waals surface area contributed by atoms with Gasteiger partial charge in [-0.15, -0.1) is 0 Å². The van der Waals surface area contributed by atoms with Crippen LogP contribution in [0.25, 0.3) is 0 Å². The van der Waals surface area contributed by atoms with Crippen molar-refractivity contribution >= 4 is 5.69 Å². The molecule has 0 aromatic heterocycles. The third-order valence-electron chi connectivity index (χ3n) is 3.06. The van der Waals surface area contributed by atoms with E-state index in [-0.39, 0.29) is 0 Å². The van der Waals surface area contributed by atoms with Gasteiger partial charge in [-0.2, -0.15) is 0 Å². The highest BCUT2D eigenvalue weighted by atomic mass is 14.9. The van der Waals surface area contributed by atoms with Crippen molar-refractivity contribution < 1.29 is 0 Å². The Labute approximate surface area is 110 Å². The first kappa shape index (κ1) is 12.7. The molecule has 0 aliphatic rings. The first-order chi connectivity index (χ1) is 8.88. The van der Waals surface area contributed by atoms with Crippen molar-refractivity contribution in [1.29, 1.82) is 0 Å². The Bertz CT molecular complexity index is 445. The SMILES string of the molecule is CCCCc1ccc(CNc2cc[c]cc2)cc1. The second kappa shape index (κ2) is 6.85. The van der Waals surface area contributed by atoms with Gasteiger partial charge in [0.25, 0.3) is 0 Å². The second-order valence-electron chi connectivity index (χ2n) is 4.56. The van der Waals surface area contributed by atoms with Crippen molar-refractivity contribution in [3.05, 3.63) is 65.7 Å². The highest BCUT2D eigenvalue weighted by Crippen LogP contribution is 2.11. The van der Waals surface area contributed by atoms with Gasteiger partial charge in [0.2, 0.25) is 0 Å². The molecule has 2 aromatic carbocycles. The van der Waals surface area contributed by atoms with E-state index >= 15 is 0 Å². The Morgan fingerprint density at radius 3 is 2.28 bits per heavy atom. The fourth-order valence-electron chi connectivity index (χ4n) is 1.91. The molecule has 1 heteroatoms. The van der Waals surface area contributed by atoms with E-state index in [2.05, 4.69) is 42.6 Å². The van der Waals surface area contributed by atoms with Crippen molar-refractivity contribution in [3.63, 3.8) is 0 Å². The number of rotatable bonds is 6. The monoisotopic (exact) mass is 238 g/mol. The minimum Gasteiger partial charge on any atom is -0.381 e. The molecule has 0 heterocycles. The number of nitrogens with one attached hydrogen (secondary N) is 1. The van der Waals surface area contributed by atoms with E-state index in [1.54, 1.807) is 0 Å². The van der Waals surface area contributed by atoms with Crippen molar-refractivity contribution in [2.75, 3.05) is 5.32 Å². The zero-order chi connectivity index (χ0) is 12.6. The summed E-state index contributed by atoms with van der Waals surface area (Å²) in [5, 5.41) is 3.40. The lowest BCUT2D eigenvalue weighted by Gasteiger charge is -2.07. The summed E-state index contributed by atoms with van der Waals surface area (Å²) in [4.78, 5) is 0. The lowest BCUT2D eigenvalue weighted by atomic mass is 10.1. The topological polar surface area (TPSA) is 12.0 Å². The molecule has 0 atom stereocenters. The van der Waals surface area contributed by atoms with E-state index in [1.807, 2.05) is 24.3 Å². The Kier molecular flexibility index (Phi) is 4.83. The maximum Gasteiger partial charge on any atom is 0.0400 e. The molecule has 0 saturated heterocycles. The number of unbranched alkanes of at least 4 members (excludes halogenated alkanes) is 1. The molecule has 0 aliphatic heterocycles. The number of aryl methyl sites for hydroxylation is 1. The number of hydrogen-bond donors (Lipinski definition) is 1. The van der Waals surface area contributed by atoms with Gasteiger partial charge >= 0.3 is 0 Å². The minimum absolute atomic E-state index is 0.873. The standard InChI is InChI=1S/C17H20N/c1-2-3-7-15-10-12-16(13-11-15)14-18-17-8-5-4-6-9-17/h5-6,8-13,18H,2-3,7,14H2,1H3. The fraction of sp³-hybridized carbons (Fsp3) is 0.294. The van der Waals surface area contributed by atoms with Crippen LogP contribution in [0.3, 0.4) is 0 Å². The van der Waals surface area contributed by atoms with Crippen LogP contribution in [0, 0.1) is 6.07 Å². The van der Waals surface area contributed by atoms with Crippen LogP contribution in [-0.2, 0) is 13.0 Å². The predicted octanol–water partition coefficient (Wildman–Crippen LogP) is 4.44. The van der Waals surface area contributed by atoms with Crippen molar-refractivity contribution in [2.45, 2.75) is 32.7 Å². The largest absolute Gasteiger partial charge is 0.381 e. The molecule has 1 radical (unpaired) electrons. The quantitative estimate of drug-likeness (QED) is 0.784. The molecule has 0 bridgehead atoms. The van der Waals surface area contributed by atoms with Crippen LogP contribution >= 0.6 is 0 Å². The Morgan fingerprint density at radius 2 is 1.61 bits per heavy atom. The molecule has 0 saturated carbocycles. The highest BCUT2D eigenvalue weighted by Gasteiger charge is 1.95. The van der Waals surface area contributed by atoms with Gasteiger partial charge in [0.1, 0.15) is 0 Å². The Balaban J connectivity index is 1.86. The molecule has 18 heavy (non-hydrogen) atoms. The van der Waals surface area contributed by atoms with E-state index in [9.17, 15) is 0 Å². The lowest BCUT2D eigenvalue weighted by Crippen LogP contribution is -1.99. The molecule has 2 rings (SSSR count). The maximum atomic E-state index is 3.40. The molecular weight excluding hydrogens is 218 g/mol. The van der Waals surface area contributed by atoms with Crippen LogP contribution < -0.4 is 5.32 Å². The summed E-state index contributed by atoms with van der Waals surface area (Å²) >= 11 is 0. The smallest absolute Gasteiger partial charge is 0.0400 e. The molecule has 0 spiro atoms. The Hall–Kier alpha value is -1.76. The second-order valence-corrected chi connectivity index (χ2v) is 4.56. The van der Waals surface area contributed by atoms with Gasteiger partial charge in [0, 0.05) is 12.2 Å². The van der Waals surface area contributed by atoms with E-state index in [1.165, 1.54) is 30.4 Å². The molecule has 93 valence electrons. The zero-order valence-corrected chi connectivity index (χ0v) is 10.9. The summed E-state index contributed by atoms with van der Waals surface area (Å²) in [7, 11) is 0. The molecule has 0 fully saturated rings. The van der Waals surface area contributed by atoms with Crippen LogP contribution in [0.4, 0.5) is 5.69 Å². The van der Waals surface area contributed by atoms with Gasteiger partial charge in [0.15, 0.2) is 0 Å². The Morgan fingerprint density at radius 1 is 0.944 bits per heavy atom. The number of anilines is 1. The van der Waals surface area contributed by atoms with Crippen molar-refractivity contribution in [1.82, 2.24) is 0 Å². The van der Waals surface area contributed by atoms with Crippen molar-refractivity contribution in [2.24, 2.45) is 0 Å². The third kappa shape index (κ3) is 3.92. The first-order valence-electron chi connectivity index (χ1n) is 6.66. The molecule has 1 nitrogen and oxygen atoms in total. The van der Waals surface area contributed by atoms with E-state index in [0.717, 1.165) is 12.2 Å². The molecule has 0 amide bonds. The van der Waals surface area contributed by atoms with Gasteiger partial charge < -0.3 is 5.32 Å². The summed E-state index contributed by atoms with van der Waals surface area (Å²) in [6.45, 7) is 3.10. The van der Waals surface area contributed by atoms with Gasteiger partial charge in [-0.1, -0.05) is 49.7 Å².